The molecule has 10 heteroatoms. The van der Waals surface area contributed by atoms with Gasteiger partial charge in [0.05, 0.1) is 23.2 Å². The Hall–Kier alpha value is -5.09. The highest BCUT2D eigenvalue weighted by Gasteiger charge is 2.26. The van der Waals surface area contributed by atoms with Crippen molar-refractivity contribution in [2.45, 2.75) is 13.3 Å². The van der Waals surface area contributed by atoms with E-state index < -0.39 is 15.8 Å². The van der Waals surface area contributed by atoms with E-state index in [4.69, 9.17) is 4.42 Å². The number of aromatic amines is 1. The summed E-state index contributed by atoms with van der Waals surface area (Å²) in [6.45, 7) is 1.74. The lowest BCUT2D eigenvalue weighted by molar-refractivity contribution is 0.0989. The Kier molecular flexibility index (Phi) is 6.94. The number of aromatic nitrogens is 2. The maximum Gasteiger partial charge on any atom is 0.232 e. The lowest BCUT2D eigenvalue weighted by Gasteiger charge is -2.21. The largest absolute Gasteiger partial charge is 0.455 e. The number of hydrogen-bond donors (Lipinski definition) is 1. The van der Waals surface area contributed by atoms with Crippen LogP contribution in [-0.2, 0) is 10.0 Å². The van der Waals surface area contributed by atoms with Crippen LogP contribution in [0.3, 0.4) is 0 Å². The van der Waals surface area contributed by atoms with E-state index in [1.54, 1.807) is 31.3 Å². The van der Waals surface area contributed by atoms with Crippen molar-refractivity contribution in [1.29, 1.82) is 0 Å². The van der Waals surface area contributed by atoms with Crippen molar-refractivity contribution in [2.24, 2.45) is 0 Å². The van der Waals surface area contributed by atoms with Gasteiger partial charge in [-0.2, -0.15) is 0 Å². The molecule has 0 bridgehead atoms. The van der Waals surface area contributed by atoms with Gasteiger partial charge in [-0.15, -0.1) is 0 Å². The number of anilines is 1. The molecule has 0 saturated carbocycles. The molecule has 6 aromatic rings. The van der Waals surface area contributed by atoms with Gasteiger partial charge in [-0.25, -0.2) is 17.8 Å². The van der Waals surface area contributed by atoms with E-state index in [1.165, 1.54) is 31.3 Å². The lowest BCUT2D eigenvalue weighted by Crippen LogP contribution is -2.25. The first-order valence-corrected chi connectivity index (χ1v) is 15.3. The van der Waals surface area contributed by atoms with E-state index in [0.717, 1.165) is 16.8 Å². The van der Waals surface area contributed by atoms with Gasteiger partial charge in [0.2, 0.25) is 10.0 Å². The molecular formula is C33H26FN3O5S. The molecule has 0 atom stereocenters. The molecule has 1 N–H and O–H groups in total. The second-order valence-corrected chi connectivity index (χ2v) is 12.2. The van der Waals surface area contributed by atoms with Crippen molar-refractivity contribution in [3.8, 4) is 33.7 Å². The smallest absolute Gasteiger partial charge is 0.232 e. The number of nitrogens with one attached hydrogen (secondary N) is 1. The van der Waals surface area contributed by atoms with Crippen LogP contribution in [0.15, 0.2) is 83.4 Å². The van der Waals surface area contributed by atoms with E-state index in [9.17, 15) is 22.4 Å². The van der Waals surface area contributed by atoms with E-state index in [0.29, 0.717) is 66.8 Å². The maximum atomic E-state index is 13.7. The molecule has 3 aromatic heterocycles. The number of Topliss-reactive ketones (excluding diaryl/α,β-unsaturated/α-hetero) is 1. The van der Waals surface area contributed by atoms with E-state index in [1.807, 2.05) is 30.3 Å². The van der Waals surface area contributed by atoms with Crippen molar-refractivity contribution < 1.29 is 26.8 Å². The fourth-order valence-corrected chi connectivity index (χ4v) is 5.80. The summed E-state index contributed by atoms with van der Waals surface area (Å²) in [6, 6.07) is 19.9. The molecule has 3 aromatic carbocycles. The number of ketones is 1. The molecule has 0 aliphatic rings. The molecular weight excluding hydrogens is 569 g/mol. The van der Waals surface area contributed by atoms with Crippen LogP contribution in [0.5, 0.6) is 0 Å². The van der Waals surface area contributed by atoms with Gasteiger partial charge < -0.3 is 9.40 Å². The first-order chi connectivity index (χ1) is 20.6. The summed E-state index contributed by atoms with van der Waals surface area (Å²) < 4.78 is 46.6. The molecule has 216 valence electrons. The van der Waals surface area contributed by atoms with Gasteiger partial charge in [-0.3, -0.25) is 13.9 Å². The number of benzene rings is 3. The normalized spacial score (nSPS) is 11.7. The Bertz CT molecular complexity index is 2160. The van der Waals surface area contributed by atoms with Crippen molar-refractivity contribution in [1.82, 2.24) is 9.97 Å². The number of H-pyrrole nitrogens is 1. The standard InChI is InChI=1S/C33H26FN3O5S/c1-4-28(39)30-25-16-24(20-7-5-8-21(15-20)31-26(18-38)23-9-6-14-35-33(23)36-31)27(37(2)43(3,40)41)17-29(25)42-32(30)19-10-12-22(34)13-11-19/h5-18H,4H2,1-3H3,(H,35,36). The summed E-state index contributed by atoms with van der Waals surface area (Å²) >= 11 is 0. The first kappa shape index (κ1) is 28.0. The van der Waals surface area contributed by atoms with Crippen LogP contribution in [0.2, 0.25) is 0 Å². The van der Waals surface area contributed by atoms with Gasteiger partial charge in [0.25, 0.3) is 0 Å². The number of furan rings is 1. The molecule has 6 rings (SSSR count). The highest BCUT2D eigenvalue weighted by molar-refractivity contribution is 7.92. The van der Waals surface area contributed by atoms with E-state index in [-0.39, 0.29) is 18.0 Å². The zero-order valence-corrected chi connectivity index (χ0v) is 24.3. The number of fused-ring (bicyclic) bond motifs is 2. The van der Waals surface area contributed by atoms with Gasteiger partial charge >= 0.3 is 0 Å². The zero-order valence-electron chi connectivity index (χ0n) is 23.5. The number of pyridine rings is 1. The van der Waals surface area contributed by atoms with E-state index >= 15 is 0 Å². The number of rotatable bonds is 8. The number of carbonyl (C=O) groups is 2. The zero-order chi connectivity index (χ0) is 30.5. The summed E-state index contributed by atoms with van der Waals surface area (Å²) in [4.78, 5) is 33.0. The number of carbonyl (C=O) groups excluding carboxylic acids is 2. The highest BCUT2D eigenvalue weighted by atomic mass is 32.2. The minimum Gasteiger partial charge on any atom is -0.455 e. The third-order valence-corrected chi connectivity index (χ3v) is 8.73. The van der Waals surface area contributed by atoms with Crippen LogP contribution in [0.1, 0.15) is 34.1 Å². The highest BCUT2D eigenvalue weighted by Crippen LogP contribution is 2.42. The number of halogens is 1. The number of sulfonamides is 1. The Morgan fingerprint density at radius 2 is 1.74 bits per heavy atom. The van der Waals surface area contributed by atoms with Gasteiger partial charge in [-0.1, -0.05) is 25.1 Å². The fraction of sp³-hybridized carbons (Fsp3) is 0.121. The molecule has 8 nitrogen and oxygen atoms in total. The second kappa shape index (κ2) is 10.6. The molecule has 0 radical (unpaired) electrons. The van der Waals surface area contributed by atoms with Crippen molar-refractivity contribution >= 4 is 49.8 Å². The number of aldehydes is 1. The van der Waals surface area contributed by atoms with Crippen LogP contribution in [-0.4, -0.2) is 43.8 Å². The van der Waals surface area contributed by atoms with Crippen LogP contribution in [0, 0.1) is 5.82 Å². The van der Waals surface area contributed by atoms with E-state index in [2.05, 4.69) is 9.97 Å². The SMILES string of the molecule is CCC(=O)c1c(-c2ccc(F)cc2)oc2cc(N(C)S(C)(=O)=O)c(-c3cccc(-c4[nH]c5ncccc5c4C=O)c3)cc12. The second-order valence-electron chi connectivity index (χ2n) is 10.2. The van der Waals surface area contributed by atoms with Crippen molar-refractivity contribution in [3.63, 3.8) is 0 Å². The Morgan fingerprint density at radius 3 is 2.44 bits per heavy atom. The summed E-state index contributed by atoms with van der Waals surface area (Å²) in [5.74, 6) is -0.323. The summed E-state index contributed by atoms with van der Waals surface area (Å²) in [5.41, 5.74) is 4.96. The Morgan fingerprint density at radius 1 is 1.00 bits per heavy atom. The molecule has 0 unspecified atom stereocenters. The van der Waals surface area contributed by atoms with Crippen molar-refractivity contribution in [3.05, 3.63) is 95.9 Å². The number of hydrogen-bond acceptors (Lipinski definition) is 6. The third kappa shape index (κ3) is 4.89. The predicted molar refractivity (Wildman–Crippen MR) is 165 cm³/mol. The van der Waals surface area contributed by atoms with Gasteiger partial charge in [-0.05, 0) is 59.7 Å². The van der Waals surface area contributed by atoms with Crippen LogP contribution in [0.4, 0.5) is 10.1 Å². The monoisotopic (exact) mass is 595 g/mol. The minimum absolute atomic E-state index is 0.178. The van der Waals surface area contributed by atoms with Crippen LogP contribution >= 0.6 is 0 Å². The van der Waals surface area contributed by atoms with Gasteiger partial charge in [0.1, 0.15) is 22.8 Å². The average molecular weight is 596 g/mol. The van der Waals surface area contributed by atoms with Crippen molar-refractivity contribution in [2.75, 3.05) is 17.6 Å². The summed E-state index contributed by atoms with van der Waals surface area (Å²) in [7, 11) is -2.26. The third-order valence-electron chi connectivity index (χ3n) is 7.54. The molecule has 0 saturated heterocycles. The molecule has 0 amide bonds. The molecule has 0 aliphatic carbocycles. The fourth-order valence-electron chi connectivity index (χ4n) is 5.30. The molecule has 3 heterocycles. The summed E-state index contributed by atoms with van der Waals surface area (Å²) in [5, 5.41) is 1.19. The quantitative estimate of drug-likeness (QED) is 0.146. The molecule has 0 spiro atoms. The first-order valence-electron chi connectivity index (χ1n) is 13.5. The molecule has 43 heavy (non-hydrogen) atoms. The maximum absolute atomic E-state index is 13.7. The lowest BCUT2D eigenvalue weighted by atomic mass is 9.95. The van der Waals surface area contributed by atoms with Crippen LogP contribution in [0.25, 0.3) is 55.7 Å². The van der Waals surface area contributed by atoms with Gasteiger partial charge in [0, 0.05) is 53.2 Å². The topological polar surface area (TPSA) is 113 Å². The molecule has 0 aliphatic heterocycles. The predicted octanol–water partition coefficient (Wildman–Crippen LogP) is 7.25. The van der Waals surface area contributed by atoms with Crippen LogP contribution < -0.4 is 4.31 Å². The Balaban J connectivity index is 1.63. The minimum atomic E-state index is -3.70. The van der Waals surface area contributed by atoms with Gasteiger partial charge in [0.15, 0.2) is 12.1 Å². The average Bonchev–Trinajstić information content (AvgIpc) is 3.58. The Labute approximate surface area is 246 Å². The molecule has 0 fully saturated rings. The number of nitrogens with zero attached hydrogens (tertiary/aromatic N) is 2. The summed E-state index contributed by atoms with van der Waals surface area (Å²) in [6.07, 6.45) is 3.71.